The predicted octanol–water partition coefficient (Wildman–Crippen LogP) is -3.26. The van der Waals surface area contributed by atoms with E-state index in [1.165, 1.54) is 6.92 Å². The summed E-state index contributed by atoms with van der Waals surface area (Å²) in [4.78, 5) is 10.0. The Morgan fingerprint density at radius 2 is 2.22 bits per heavy atom. The van der Waals surface area contributed by atoms with E-state index in [4.69, 9.17) is 0 Å². The molecule has 0 aromatic heterocycles. The number of hydrogen-bond acceptors (Lipinski definition) is 4. The summed E-state index contributed by atoms with van der Waals surface area (Å²) in [6.07, 6.45) is 0.0774. The van der Waals surface area contributed by atoms with Gasteiger partial charge >= 0.3 is 35.5 Å². The molecule has 48 valence electrons. The van der Waals surface area contributed by atoms with Crippen LogP contribution < -0.4 is 29.6 Å². The molecular weight excluding hydrogens is 155 g/mol. The SMILES string of the molecule is CCC(=O)OS(=O)[O-].[Na+]. The Kier molecular flexibility index (Phi) is 9.13. The summed E-state index contributed by atoms with van der Waals surface area (Å²) in [7, 11) is 0. The van der Waals surface area contributed by atoms with E-state index in [1.54, 1.807) is 0 Å². The molecule has 0 spiro atoms. The summed E-state index contributed by atoms with van der Waals surface area (Å²) in [6.45, 7) is 1.51. The molecule has 0 aromatic carbocycles. The van der Waals surface area contributed by atoms with Gasteiger partial charge in [-0.25, -0.2) is 4.21 Å². The zero-order valence-corrected chi connectivity index (χ0v) is 8.06. The van der Waals surface area contributed by atoms with Gasteiger partial charge in [-0.1, -0.05) is 6.92 Å². The van der Waals surface area contributed by atoms with Crippen molar-refractivity contribution in [2.24, 2.45) is 0 Å². The molecule has 9 heavy (non-hydrogen) atoms. The van der Waals surface area contributed by atoms with E-state index in [-0.39, 0.29) is 36.0 Å². The molecule has 4 nitrogen and oxygen atoms in total. The largest absolute Gasteiger partial charge is 1.00 e. The van der Waals surface area contributed by atoms with Crippen molar-refractivity contribution in [2.45, 2.75) is 13.3 Å². The molecule has 0 radical (unpaired) electrons. The van der Waals surface area contributed by atoms with E-state index < -0.39 is 17.3 Å². The van der Waals surface area contributed by atoms with E-state index in [0.717, 1.165) is 0 Å². The fraction of sp³-hybridized carbons (Fsp3) is 0.667. The smallest absolute Gasteiger partial charge is 0.740 e. The molecule has 0 aromatic rings. The van der Waals surface area contributed by atoms with Crippen LogP contribution >= 0.6 is 0 Å². The zero-order chi connectivity index (χ0) is 6.57. The van der Waals surface area contributed by atoms with Gasteiger partial charge in [0.1, 0.15) is 11.4 Å². The fourth-order valence-electron chi connectivity index (χ4n) is 0.135. The first kappa shape index (κ1) is 12.3. The average molecular weight is 160 g/mol. The Morgan fingerprint density at radius 1 is 1.78 bits per heavy atom. The van der Waals surface area contributed by atoms with Gasteiger partial charge < -0.3 is 8.74 Å². The van der Waals surface area contributed by atoms with Crippen molar-refractivity contribution in [2.75, 3.05) is 0 Å². The van der Waals surface area contributed by atoms with Crippen molar-refractivity contribution < 1.29 is 47.3 Å². The van der Waals surface area contributed by atoms with Gasteiger partial charge in [0.25, 0.3) is 0 Å². The van der Waals surface area contributed by atoms with Crippen LogP contribution in [-0.2, 0) is 20.3 Å². The second-order valence-corrected chi connectivity index (χ2v) is 1.59. The third-order valence-corrected chi connectivity index (χ3v) is 0.772. The van der Waals surface area contributed by atoms with Crippen molar-refractivity contribution in [1.82, 2.24) is 0 Å². The van der Waals surface area contributed by atoms with Crippen molar-refractivity contribution >= 4 is 17.3 Å². The van der Waals surface area contributed by atoms with Crippen molar-refractivity contribution in [1.29, 1.82) is 0 Å². The fourth-order valence-corrected chi connectivity index (χ4v) is 0.404. The van der Waals surface area contributed by atoms with Gasteiger partial charge in [-0.05, 0) is 0 Å². The molecule has 0 bridgehead atoms. The molecule has 0 saturated heterocycles. The summed E-state index contributed by atoms with van der Waals surface area (Å²) in [5.41, 5.74) is 0. The second kappa shape index (κ2) is 6.70. The molecule has 1 atom stereocenters. The normalized spacial score (nSPS) is 11.3. The maximum Gasteiger partial charge on any atom is 1.00 e. The first-order valence-corrected chi connectivity index (χ1v) is 2.97. The van der Waals surface area contributed by atoms with Crippen LogP contribution in [0, 0.1) is 0 Å². The number of carbonyl (C=O) groups is 1. The van der Waals surface area contributed by atoms with E-state index in [1.807, 2.05) is 0 Å². The van der Waals surface area contributed by atoms with Crippen LogP contribution in [-0.4, -0.2) is 14.7 Å². The van der Waals surface area contributed by atoms with E-state index in [2.05, 4.69) is 4.18 Å². The minimum absolute atomic E-state index is 0. The van der Waals surface area contributed by atoms with Crippen LogP contribution in [0.3, 0.4) is 0 Å². The number of carbonyl (C=O) groups excluding carboxylic acids is 1. The number of hydrogen-bond donors (Lipinski definition) is 0. The summed E-state index contributed by atoms with van der Waals surface area (Å²) in [6, 6.07) is 0. The molecule has 1 unspecified atom stereocenters. The van der Waals surface area contributed by atoms with Crippen molar-refractivity contribution in [3.05, 3.63) is 0 Å². The van der Waals surface area contributed by atoms with Gasteiger partial charge in [0.2, 0.25) is 0 Å². The van der Waals surface area contributed by atoms with Gasteiger partial charge in [0.05, 0.1) is 0 Å². The molecule has 0 heterocycles. The van der Waals surface area contributed by atoms with E-state index in [0.29, 0.717) is 0 Å². The van der Waals surface area contributed by atoms with Gasteiger partial charge in [-0.2, -0.15) is 0 Å². The zero-order valence-electron chi connectivity index (χ0n) is 5.25. The van der Waals surface area contributed by atoms with E-state index in [9.17, 15) is 13.6 Å². The van der Waals surface area contributed by atoms with Gasteiger partial charge in [-0.3, -0.25) is 4.79 Å². The van der Waals surface area contributed by atoms with Crippen molar-refractivity contribution in [3.63, 3.8) is 0 Å². The van der Waals surface area contributed by atoms with Crippen LogP contribution in [0.1, 0.15) is 13.3 Å². The minimum atomic E-state index is -2.70. The Balaban J connectivity index is 0. The Morgan fingerprint density at radius 3 is 2.33 bits per heavy atom. The molecule has 0 aliphatic rings. The van der Waals surface area contributed by atoms with Crippen LogP contribution in [0.15, 0.2) is 0 Å². The molecule has 6 heteroatoms. The van der Waals surface area contributed by atoms with Gasteiger partial charge in [-0.15, -0.1) is 0 Å². The number of rotatable bonds is 2. The summed E-state index contributed by atoms with van der Waals surface area (Å²) in [5, 5.41) is 0. The molecule has 0 aliphatic heterocycles. The van der Waals surface area contributed by atoms with E-state index >= 15 is 0 Å². The quantitative estimate of drug-likeness (QED) is 0.314. The predicted molar refractivity (Wildman–Crippen MR) is 25.3 cm³/mol. The van der Waals surface area contributed by atoms with Gasteiger partial charge in [0, 0.05) is 6.42 Å². The molecule has 0 saturated carbocycles. The van der Waals surface area contributed by atoms with Crippen molar-refractivity contribution in [3.8, 4) is 0 Å². The van der Waals surface area contributed by atoms with Gasteiger partial charge in [0.15, 0.2) is 0 Å². The maximum atomic E-state index is 10.0. The Labute approximate surface area is 77.7 Å². The summed E-state index contributed by atoms with van der Waals surface area (Å²) >= 11 is -2.70. The average Bonchev–Trinajstić information content (AvgIpc) is 1.65. The second-order valence-electron chi connectivity index (χ2n) is 1.01. The van der Waals surface area contributed by atoms with Crippen LogP contribution in [0.25, 0.3) is 0 Å². The maximum absolute atomic E-state index is 10.0. The Hall–Kier alpha value is 0.580. The third kappa shape index (κ3) is 8.58. The summed E-state index contributed by atoms with van der Waals surface area (Å²) in [5.74, 6) is -0.738. The summed E-state index contributed by atoms with van der Waals surface area (Å²) < 4.78 is 22.7. The molecule has 0 N–H and O–H groups in total. The first-order valence-electron chi connectivity index (χ1n) is 1.97. The first-order chi connectivity index (χ1) is 3.66. The van der Waals surface area contributed by atoms with Crippen LogP contribution in [0.4, 0.5) is 0 Å². The monoisotopic (exact) mass is 160 g/mol. The third-order valence-electron chi connectivity index (χ3n) is 0.450. The topological polar surface area (TPSA) is 66.4 Å². The molecule has 0 aliphatic carbocycles. The standard InChI is InChI=1S/C3H6O4S.Na/c1-2-3(4)7-8(5)6;/h2H2,1H3,(H,5,6);/q;+1/p-1. The van der Waals surface area contributed by atoms with Crippen LogP contribution in [0.5, 0.6) is 0 Å². The molecule has 0 rings (SSSR count). The Bertz CT molecular complexity index is 114. The van der Waals surface area contributed by atoms with Crippen LogP contribution in [0.2, 0.25) is 0 Å². The molecule has 0 fully saturated rings. The minimum Gasteiger partial charge on any atom is -0.740 e. The molecule has 0 amide bonds. The molecular formula is C3H5NaO4S.